The van der Waals surface area contributed by atoms with Crippen LogP contribution in [0.4, 0.5) is 11.6 Å². The Balaban J connectivity index is 0.000000158. The quantitative estimate of drug-likeness (QED) is 0.182. The third-order valence-electron chi connectivity index (χ3n) is 10.1. The minimum absolute atomic E-state index is 0.0151. The first-order chi connectivity index (χ1) is 29.5. The summed E-state index contributed by atoms with van der Waals surface area (Å²) in [6.07, 6.45) is 0.495. The van der Waals surface area contributed by atoms with E-state index in [0.29, 0.717) is 70.8 Å². The number of nitrogens with zero attached hydrogens (tertiary/aromatic N) is 10. The summed E-state index contributed by atoms with van der Waals surface area (Å²) in [5.74, 6) is 7.92. The van der Waals surface area contributed by atoms with E-state index >= 15 is 0 Å². The number of carbonyl (C=O) groups excluding carboxylic acids is 2. The highest BCUT2D eigenvalue weighted by atomic mass is 16.5. The molecule has 17 nitrogen and oxygen atoms in total. The Kier molecular flexibility index (Phi) is 11.0. The predicted molar refractivity (Wildman–Crippen MR) is 224 cm³/mol. The molecule has 0 saturated heterocycles. The van der Waals surface area contributed by atoms with Gasteiger partial charge in [-0.1, -0.05) is 24.3 Å². The van der Waals surface area contributed by atoms with E-state index in [1.165, 1.54) is 0 Å². The maximum Gasteiger partial charge on any atom is 0.233 e. The van der Waals surface area contributed by atoms with Crippen molar-refractivity contribution >= 4 is 34.7 Å². The second kappa shape index (κ2) is 16.7. The van der Waals surface area contributed by atoms with E-state index in [4.69, 9.17) is 33.4 Å². The molecule has 2 aromatic carbocycles. The van der Waals surface area contributed by atoms with Gasteiger partial charge in [-0.2, -0.15) is 4.52 Å². The van der Waals surface area contributed by atoms with Crippen molar-refractivity contribution in [3.63, 3.8) is 0 Å². The Morgan fingerprint density at radius 1 is 0.639 bits per heavy atom. The number of rotatable bonds is 8. The average Bonchev–Trinajstić information content (AvgIpc) is 4.13. The third-order valence-corrected chi connectivity index (χ3v) is 10.1. The number of hydrogen-bond donors (Lipinski definition) is 1. The molecule has 6 aromatic heterocycles. The molecule has 2 amide bonds. The number of aliphatic hydroxyl groups is 1. The van der Waals surface area contributed by atoms with Crippen molar-refractivity contribution in [3.8, 4) is 34.7 Å². The molecule has 0 aliphatic carbocycles. The monoisotopic (exact) mass is 824 g/mol. The summed E-state index contributed by atoms with van der Waals surface area (Å²) in [6, 6.07) is 22.8. The molecule has 17 heteroatoms. The van der Waals surface area contributed by atoms with Gasteiger partial charge in [0.25, 0.3) is 0 Å². The van der Waals surface area contributed by atoms with Crippen molar-refractivity contribution in [3.05, 3.63) is 118 Å². The Morgan fingerprint density at radius 2 is 1.11 bits per heavy atom. The maximum atomic E-state index is 12.8. The van der Waals surface area contributed by atoms with Crippen LogP contribution in [0.1, 0.15) is 52.3 Å². The summed E-state index contributed by atoms with van der Waals surface area (Å²) >= 11 is 0. The van der Waals surface area contributed by atoms with Crippen LogP contribution in [0.3, 0.4) is 0 Å². The molecule has 1 N–H and O–H groups in total. The Labute approximate surface area is 350 Å². The lowest BCUT2D eigenvalue weighted by atomic mass is 10.2. The normalized spacial score (nSPS) is 13.0. The number of methoxy groups -OCH3 is 2. The number of aromatic nitrogens is 8. The number of aryl methyl sites for hydroxylation is 4. The standard InChI is InChI=1S/2C21H19N5O3.C2H6O/c1-12-4-9-17(29-12)21-22-19-16(20-24-23-13(2)26(20)21)10-18(27)25(19)11-14-5-7-15(28-3)8-6-14;1-12-4-9-17(29-12)21-23-19-16(20-22-13(2)24-26(20)21)10-18(27)25(19)11-14-5-7-15(28-3)8-6-14;1-2-3/h2*4-9H,10-11H2,1-3H3;3H,2H2,1H3. The third kappa shape index (κ3) is 7.78. The van der Waals surface area contributed by atoms with Gasteiger partial charge in [-0.15, -0.1) is 15.3 Å². The highest BCUT2D eigenvalue weighted by Gasteiger charge is 2.35. The van der Waals surface area contributed by atoms with Gasteiger partial charge in [-0.3, -0.25) is 23.8 Å². The van der Waals surface area contributed by atoms with Gasteiger partial charge in [0.15, 0.2) is 28.6 Å². The molecule has 2 aliphatic heterocycles. The highest BCUT2D eigenvalue weighted by Crippen LogP contribution is 2.37. The van der Waals surface area contributed by atoms with Crippen molar-refractivity contribution in [1.29, 1.82) is 0 Å². The summed E-state index contributed by atoms with van der Waals surface area (Å²) < 4.78 is 25.5. The minimum atomic E-state index is -0.0151. The van der Waals surface area contributed by atoms with Crippen molar-refractivity contribution < 1.29 is 33.0 Å². The van der Waals surface area contributed by atoms with Gasteiger partial charge in [-0.05, 0) is 94.3 Å². The zero-order chi connectivity index (χ0) is 42.9. The van der Waals surface area contributed by atoms with Gasteiger partial charge in [0.2, 0.25) is 17.6 Å². The van der Waals surface area contributed by atoms with Gasteiger partial charge in [-0.25, -0.2) is 15.0 Å². The first-order valence-corrected chi connectivity index (χ1v) is 19.6. The largest absolute Gasteiger partial charge is 0.497 e. The number of amides is 2. The van der Waals surface area contributed by atoms with E-state index in [2.05, 4.69) is 20.3 Å². The SMILES string of the molecule is CCO.COc1ccc(CN2C(=O)Cc3c2nc(-c2ccc(C)o2)n2c(C)nnc32)cc1.COc1ccc(CN2C(=O)Cc3c2nc(-c2ccc(C)o2)n2nc(C)nc32)cc1. The molecule has 0 fully saturated rings. The number of benzene rings is 2. The summed E-state index contributed by atoms with van der Waals surface area (Å²) in [6.45, 7) is 10.2. The lowest BCUT2D eigenvalue weighted by molar-refractivity contribution is -0.118. The topological polar surface area (TPSA) is 192 Å². The number of furan rings is 2. The van der Waals surface area contributed by atoms with Gasteiger partial charge >= 0.3 is 0 Å². The smallest absolute Gasteiger partial charge is 0.233 e. The zero-order valence-electron chi connectivity index (χ0n) is 34.8. The summed E-state index contributed by atoms with van der Waals surface area (Å²) in [5, 5.41) is 20.6. The molecule has 0 bridgehead atoms. The van der Waals surface area contributed by atoms with Gasteiger partial charge in [0, 0.05) is 17.7 Å². The molecule has 0 spiro atoms. The van der Waals surface area contributed by atoms with Crippen LogP contribution in [-0.2, 0) is 35.5 Å². The van der Waals surface area contributed by atoms with Crippen LogP contribution in [-0.4, -0.2) is 76.9 Å². The van der Waals surface area contributed by atoms with Gasteiger partial charge in [0.1, 0.15) is 46.3 Å². The maximum absolute atomic E-state index is 12.8. The van der Waals surface area contributed by atoms with Gasteiger partial charge < -0.3 is 23.4 Å². The predicted octanol–water partition coefficient (Wildman–Crippen LogP) is 6.20. The summed E-state index contributed by atoms with van der Waals surface area (Å²) in [4.78, 5) is 43.2. The molecule has 0 saturated carbocycles. The lowest BCUT2D eigenvalue weighted by Crippen LogP contribution is -2.26. The number of fused-ring (bicyclic) bond motifs is 6. The first kappa shape index (κ1) is 40.4. The van der Waals surface area contributed by atoms with Crippen LogP contribution >= 0.6 is 0 Å². The van der Waals surface area contributed by atoms with E-state index in [1.807, 2.05) is 105 Å². The van der Waals surface area contributed by atoms with Crippen LogP contribution in [0.15, 0.2) is 81.6 Å². The van der Waals surface area contributed by atoms with Crippen LogP contribution in [0, 0.1) is 27.7 Å². The molecule has 2 aliphatic rings. The number of carbonyl (C=O) groups is 2. The molecule has 8 heterocycles. The molecule has 0 unspecified atom stereocenters. The zero-order valence-corrected chi connectivity index (χ0v) is 34.8. The fourth-order valence-electron chi connectivity index (χ4n) is 7.28. The molecule has 312 valence electrons. The van der Waals surface area contributed by atoms with Crippen LogP contribution < -0.4 is 19.3 Å². The molecule has 61 heavy (non-hydrogen) atoms. The second-order valence-corrected chi connectivity index (χ2v) is 14.4. The van der Waals surface area contributed by atoms with Gasteiger partial charge in [0.05, 0.1) is 40.2 Å². The highest BCUT2D eigenvalue weighted by molar-refractivity contribution is 6.03. The van der Waals surface area contributed by atoms with Crippen LogP contribution in [0.5, 0.6) is 11.5 Å². The van der Waals surface area contributed by atoms with Crippen molar-refractivity contribution in [2.24, 2.45) is 0 Å². The number of anilines is 2. The number of aliphatic hydroxyl groups excluding tert-OH is 1. The van der Waals surface area contributed by atoms with E-state index < -0.39 is 0 Å². The van der Waals surface area contributed by atoms with Crippen molar-refractivity contribution in [1.82, 2.24) is 39.2 Å². The minimum Gasteiger partial charge on any atom is -0.497 e. The fraction of sp³-hybridized carbons (Fsp3) is 0.273. The van der Waals surface area contributed by atoms with Crippen molar-refractivity contribution in [2.75, 3.05) is 30.6 Å². The summed E-state index contributed by atoms with van der Waals surface area (Å²) in [7, 11) is 3.26. The molecule has 0 radical (unpaired) electrons. The van der Waals surface area contributed by atoms with Crippen LogP contribution in [0.25, 0.3) is 34.5 Å². The van der Waals surface area contributed by atoms with E-state index in [-0.39, 0.29) is 31.3 Å². The lowest BCUT2D eigenvalue weighted by Gasteiger charge is -2.17. The second-order valence-electron chi connectivity index (χ2n) is 14.4. The number of hydrogen-bond acceptors (Lipinski definition) is 13. The van der Waals surface area contributed by atoms with E-state index in [0.717, 1.165) is 45.3 Å². The molecule has 8 aromatic rings. The van der Waals surface area contributed by atoms with Crippen molar-refractivity contribution in [2.45, 2.75) is 60.5 Å². The first-order valence-electron chi connectivity index (χ1n) is 19.6. The van der Waals surface area contributed by atoms with E-state index in [9.17, 15) is 9.59 Å². The Bertz CT molecular complexity index is 2810. The molecule has 10 rings (SSSR count). The van der Waals surface area contributed by atoms with Crippen LogP contribution in [0.2, 0.25) is 0 Å². The fourth-order valence-corrected chi connectivity index (χ4v) is 7.28. The molecular weight excluding hydrogens is 781 g/mol. The van der Waals surface area contributed by atoms with E-state index in [1.54, 1.807) is 35.5 Å². The summed E-state index contributed by atoms with van der Waals surface area (Å²) in [5.41, 5.74) is 4.83. The average molecular weight is 825 g/mol. The molecular formula is C44H44N10O7. The Hall–Kier alpha value is -7.40. The molecule has 0 atom stereocenters. The number of ether oxygens (including phenoxy) is 2. The Morgan fingerprint density at radius 3 is 1.59 bits per heavy atom.